The Kier molecular flexibility index (Phi) is 4.45. The smallest absolute Gasteiger partial charge is 0.407 e. The number of rotatable bonds is 4. The molecule has 2 fully saturated rings. The molecule has 1 amide bonds. The zero-order chi connectivity index (χ0) is 13.8. The van der Waals surface area contributed by atoms with Crippen LogP contribution in [0.2, 0.25) is 0 Å². The molecule has 2 saturated carbocycles. The molecule has 0 aromatic heterocycles. The van der Waals surface area contributed by atoms with Gasteiger partial charge in [-0.25, -0.2) is 4.79 Å². The van der Waals surface area contributed by atoms with E-state index >= 15 is 0 Å². The fourth-order valence-electron chi connectivity index (χ4n) is 3.49. The monoisotopic (exact) mass is 267 g/mol. The molecule has 4 atom stereocenters. The summed E-state index contributed by atoms with van der Waals surface area (Å²) in [5.41, 5.74) is 0. The Bertz CT molecular complexity index is 368. The number of carbonyl (C=O) groups is 2. The van der Waals surface area contributed by atoms with Crippen LogP contribution in [0.3, 0.4) is 0 Å². The first-order valence-electron chi connectivity index (χ1n) is 6.92. The van der Waals surface area contributed by atoms with Crippen LogP contribution >= 0.6 is 0 Å². The molecular weight excluding hydrogens is 246 g/mol. The third-order valence-electron chi connectivity index (χ3n) is 4.34. The minimum absolute atomic E-state index is 0.143. The van der Waals surface area contributed by atoms with Crippen molar-refractivity contribution in [2.24, 2.45) is 17.8 Å². The molecule has 0 saturated heterocycles. The van der Waals surface area contributed by atoms with Gasteiger partial charge in [0.05, 0.1) is 5.92 Å². The van der Waals surface area contributed by atoms with Crippen LogP contribution in [0.1, 0.15) is 32.1 Å². The van der Waals surface area contributed by atoms with Gasteiger partial charge in [-0.1, -0.05) is 31.9 Å². The second-order valence-corrected chi connectivity index (χ2v) is 5.39. The molecule has 0 spiro atoms. The van der Waals surface area contributed by atoms with Crippen LogP contribution in [0, 0.1) is 17.8 Å². The van der Waals surface area contributed by atoms with Crippen molar-refractivity contribution in [3.63, 3.8) is 0 Å². The summed E-state index contributed by atoms with van der Waals surface area (Å²) in [6, 6.07) is -0.280. The van der Waals surface area contributed by atoms with Gasteiger partial charge in [0.25, 0.3) is 0 Å². The summed E-state index contributed by atoms with van der Waals surface area (Å²) < 4.78 is 4.88. The second kappa shape index (κ2) is 6.08. The minimum Gasteiger partial charge on any atom is -0.481 e. The molecule has 0 aliphatic heterocycles. The van der Waals surface area contributed by atoms with Gasteiger partial charge in [-0.2, -0.15) is 0 Å². The van der Waals surface area contributed by atoms with Gasteiger partial charge < -0.3 is 15.2 Å². The summed E-state index contributed by atoms with van der Waals surface area (Å²) in [7, 11) is 0. The Morgan fingerprint density at radius 2 is 1.95 bits per heavy atom. The van der Waals surface area contributed by atoms with Gasteiger partial charge in [0.1, 0.15) is 6.61 Å². The number of ether oxygens (including phenoxy) is 1. The van der Waals surface area contributed by atoms with Crippen LogP contribution < -0.4 is 5.32 Å². The summed E-state index contributed by atoms with van der Waals surface area (Å²) in [5.74, 6) is -0.763. The van der Waals surface area contributed by atoms with E-state index in [1.165, 1.54) is 6.08 Å². The van der Waals surface area contributed by atoms with E-state index in [1.807, 2.05) is 0 Å². The fourth-order valence-corrected chi connectivity index (χ4v) is 3.49. The number of nitrogens with one attached hydrogen (secondary N) is 1. The minimum atomic E-state index is -0.808. The first-order valence-corrected chi connectivity index (χ1v) is 6.92. The fraction of sp³-hybridized carbons (Fsp3) is 0.714. The van der Waals surface area contributed by atoms with Gasteiger partial charge in [0.15, 0.2) is 0 Å². The maximum atomic E-state index is 11.6. The molecule has 2 N–H and O–H groups in total. The third kappa shape index (κ3) is 2.91. The third-order valence-corrected chi connectivity index (χ3v) is 4.34. The maximum Gasteiger partial charge on any atom is 0.407 e. The number of carbonyl (C=O) groups excluding carboxylic acids is 1. The van der Waals surface area contributed by atoms with E-state index in [-0.39, 0.29) is 18.6 Å². The first kappa shape index (κ1) is 13.9. The zero-order valence-corrected chi connectivity index (χ0v) is 11.0. The predicted molar refractivity (Wildman–Crippen MR) is 69.7 cm³/mol. The molecular formula is C14H21NO4. The van der Waals surface area contributed by atoms with Crippen LogP contribution in [0.4, 0.5) is 4.79 Å². The Labute approximate surface area is 113 Å². The molecule has 2 rings (SSSR count). The summed E-state index contributed by atoms with van der Waals surface area (Å²) >= 11 is 0. The lowest BCUT2D eigenvalue weighted by Gasteiger charge is -2.49. The second-order valence-electron chi connectivity index (χ2n) is 5.39. The number of alkyl carbamates (subject to hydrolysis) is 1. The summed E-state index contributed by atoms with van der Waals surface area (Å²) in [5, 5.41) is 12.0. The Hall–Kier alpha value is -1.52. The number of hydrogen-bond donors (Lipinski definition) is 2. The SMILES string of the molecule is C=CCOC(=O)NC1C2CCCCCC2C1C(=O)O. The average molecular weight is 267 g/mol. The maximum absolute atomic E-state index is 11.6. The molecule has 2 aliphatic rings. The quantitative estimate of drug-likeness (QED) is 0.765. The van der Waals surface area contributed by atoms with Crippen molar-refractivity contribution in [2.75, 3.05) is 6.61 Å². The van der Waals surface area contributed by atoms with Crippen molar-refractivity contribution in [1.82, 2.24) is 5.32 Å². The summed E-state index contributed by atoms with van der Waals surface area (Å²) in [4.78, 5) is 22.9. The lowest BCUT2D eigenvalue weighted by atomic mass is 9.58. The lowest BCUT2D eigenvalue weighted by Crippen LogP contribution is -2.62. The number of carboxylic acid groups (broad SMARTS) is 1. The van der Waals surface area contributed by atoms with Crippen molar-refractivity contribution in [3.05, 3.63) is 12.7 Å². The standard InChI is InChI=1S/C14H21NO4/c1-2-8-19-14(18)15-12-10-7-5-3-4-6-9(10)11(12)13(16)17/h2,9-12H,1,3-8H2,(H,15,18)(H,16,17). The highest BCUT2D eigenvalue weighted by Crippen LogP contribution is 2.48. The van der Waals surface area contributed by atoms with Crippen LogP contribution in [-0.2, 0) is 9.53 Å². The molecule has 0 aromatic rings. The van der Waals surface area contributed by atoms with Gasteiger partial charge in [-0.05, 0) is 24.7 Å². The number of hydrogen-bond acceptors (Lipinski definition) is 3. The van der Waals surface area contributed by atoms with Gasteiger partial charge in [0.2, 0.25) is 0 Å². The Morgan fingerprint density at radius 1 is 1.26 bits per heavy atom. The van der Waals surface area contributed by atoms with Gasteiger partial charge in [-0.15, -0.1) is 0 Å². The van der Waals surface area contributed by atoms with Crippen molar-refractivity contribution >= 4 is 12.1 Å². The molecule has 2 aliphatic carbocycles. The molecule has 0 heterocycles. The highest BCUT2D eigenvalue weighted by atomic mass is 16.5. The number of carboxylic acids is 1. The predicted octanol–water partition coefficient (Wildman–Crippen LogP) is 2.18. The zero-order valence-electron chi connectivity index (χ0n) is 11.0. The lowest BCUT2D eigenvalue weighted by molar-refractivity contribution is -0.154. The largest absolute Gasteiger partial charge is 0.481 e. The van der Waals surface area contributed by atoms with E-state index in [9.17, 15) is 14.7 Å². The van der Waals surface area contributed by atoms with Crippen molar-refractivity contribution in [2.45, 2.75) is 38.1 Å². The van der Waals surface area contributed by atoms with E-state index in [1.54, 1.807) is 0 Å². The van der Waals surface area contributed by atoms with Crippen LogP contribution in [0.25, 0.3) is 0 Å². The number of fused-ring (bicyclic) bond motifs is 1. The van der Waals surface area contributed by atoms with E-state index in [2.05, 4.69) is 11.9 Å². The van der Waals surface area contributed by atoms with Crippen molar-refractivity contribution < 1.29 is 19.4 Å². The molecule has 5 nitrogen and oxygen atoms in total. The first-order chi connectivity index (χ1) is 9.15. The van der Waals surface area contributed by atoms with Crippen molar-refractivity contribution in [3.8, 4) is 0 Å². The molecule has 0 radical (unpaired) electrons. The molecule has 0 bridgehead atoms. The number of aliphatic carboxylic acids is 1. The average Bonchev–Trinajstić information content (AvgIpc) is 2.56. The van der Waals surface area contributed by atoms with E-state index in [0.29, 0.717) is 5.92 Å². The van der Waals surface area contributed by atoms with Crippen LogP contribution in [-0.4, -0.2) is 29.8 Å². The van der Waals surface area contributed by atoms with Gasteiger partial charge in [0, 0.05) is 6.04 Å². The molecule has 0 aromatic carbocycles. The highest BCUT2D eigenvalue weighted by molar-refractivity contribution is 5.75. The summed E-state index contributed by atoms with van der Waals surface area (Å²) in [6.07, 6.45) is 6.28. The normalized spacial score (nSPS) is 33.3. The van der Waals surface area contributed by atoms with Gasteiger partial charge in [-0.3, -0.25) is 4.79 Å². The van der Waals surface area contributed by atoms with Crippen LogP contribution in [0.5, 0.6) is 0 Å². The Morgan fingerprint density at radius 3 is 2.58 bits per heavy atom. The topological polar surface area (TPSA) is 75.6 Å². The van der Waals surface area contributed by atoms with E-state index in [0.717, 1.165) is 32.1 Å². The molecule has 4 unspecified atom stereocenters. The van der Waals surface area contributed by atoms with Crippen LogP contribution in [0.15, 0.2) is 12.7 Å². The highest BCUT2D eigenvalue weighted by Gasteiger charge is 2.54. The molecule has 5 heteroatoms. The van der Waals surface area contributed by atoms with E-state index in [4.69, 9.17) is 4.74 Å². The van der Waals surface area contributed by atoms with Gasteiger partial charge >= 0.3 is 12.1 Å². The van der Waals surface area contributed by atoms with E-state index < -0.39 is 18.0 Å². The molecule has 106 valence electrons. The summed E-state index contributed by atoms with van der Waals surface area (Å²) in [6.45, 7) is 3.61. The molecule has 19 heavy (non-hydrogen) atoms. The van der Waals surface area contributed by atoms with Crippen molar-refractivity contribution in [1.29, 1.82) is 0 Å². The Balaban J connectivity index is 1.98. The number of amides is 1.